The van der Waals surface area contributed by atoms with Crippen LogP contribution in [0.2, 0.25) is 4.78 Å². The minimum atomic E-state index is 0.821. The van der Waals surface area contributed by atoms with Crippen LogP contribution >= 0.6 is 0 Å². The SMILES string of the molecule is CCCCCCCC[CH](C)[Al+2]. The van der Waals surface area contributed by atoms with Gasteiger partial charge < -0.3 is 0 Å². The number of rotatable bonds is 7. The molecular formula is C10H21Al+2. The van der Waals surface area contributed by atoms with E-state index >= 15 is 0 Å². The Morgan fingerprint density at radius 1 is 1.00 bits per heavy atom. The van der Waals surface area contributed by atoms with Crippen molar-refractivity contribution in [2.75, 3.05) is 0 Å². The zero-order valence-corrected chi connectivity index (χ0v) is 9.26. The van der Waals surface area contributed by atoms with Crippen molar-refractivity contribution >= 4 is 16.3 Å². The molecule has 0 aliphatic carbocycles. The van der Waals surface area contributed by atoms with Crippen LogP contribution in [0.4, 0.5) is 0 Å². The molecule has 0 aromatic heterocycles. The molecule has 62 valence electrons. The van der Waals surface area contributed by atoms with Gasteiger partial charge in [0.1, 0.15) is 0 Å². The van der Waals surface area contributed by atoms with Gasteiger partial charge >= 0.3 is 79.9 Å². The van der Waals surface area contributed by atoms with Gasteiger partial charge in [0.15, 0.2) is 0 Å². The summed E-state index contributed by atoms with van der Waals surface area (Å²) in [6.45, 7) is 4.54. The van der Waals surface area contributed by atoms with E-state index in [1.165, 1.54) is 44.9 Å². The molecule has 0 aromatic rings. The van der Waals surface area contributed by atoms with Gasteiger partial charge in [0, 0.05) is 0 Å². The zero-order valence-electron chi connectivity index (χ0n) is 8.10. The molecule has 11 heavy (non-hydrogen) atoms. The summed E-state index contributed by atoms with van der Waals surface area (Å²) in [6, 6.07) is 0. The topological polar surface area (TPSA) is 0 Å². The summed E-state index contributed by atoms with van der Waals surface area (Å²) < 4.78 is 0.821. The maximum absolute atomic E-state index is 2.87. The molecule has 1 heteroatoms. The van der Waals surface area contributed by atoms with Crippen LogP contribution in [0.5, 0.6) is 0 Å². The van der Waals surface area contributed by atoms with E-state index in [2.05, 4.69) is 30.1 Å². The molecule has 0 aromatic carbocycles. The Hall–Kier alpha value is 0.532. The first kappa shape index (κ1) is 11.5. The van der Waals surface area contributed by atoms with Gasteiger partial charge in [-0.1, -0.05) is 0 Å². The van der Waals surface area contributed by atoms with Gasteiger partial charge in [-0.15, -0.1) is 0 Å². The van der Waals surface area contributed by atoms with Crippen molar-refractivity contribution in [2.24, 2.45) is 0 Å². The Kier molecular flexibility index (Phi) is 9.05. The van der Waals surface area contributed by atoms with Gasteiger partial charge in [-0.3, -0.25) is 0 Å². The van der Waals surface area contributed by atoms with E-state index in [1.807, 2.05) is 0 Å². The third-order valence-electron chi connectivity index (χ3n) is 2.01. The van der Waals surface area contributed by atoms with Crippen molar-refractivity contribution in [1.82, 2.24) is 0 Å². The van der Waals surface area contributed by atoms with Crippen LogP contribution in [0.15, 0.2) is 0 Å². The maximum atomic E-state index is 2.87. The molecule has 0 amide bonds. The summed E-state index contributed by atoms with van der Waals surface area (Å²) in [7, 11) is 0. The van der Waals surface area contributed by atoms with Crippen LogP contribution in [0.3, 0.4) is 0 Å². The van der Waals surface area contributed by atoms with E-state index < -0.39 is 0 Å². The Morgan fingerprint density at radius 2 is 1.55 bits per heavy atom. The van der Waals surface area contributed by atoms with Crippen LogP contribution in [-0.4, -0.2) is 16.3 Å². The van der Waals surface area contributed by atoms with Crippen LogP contribution in [0, 0.1) is 0 Å². The first-order chi connectivity index (χ1) is 5.27. The van der Waals surface area contributed by atoms with Crippen molar-refractivity contribution < 1.29 is 0 Å². The van der Waals surface area contributed by atoms with Gasteiger partial charge in [-0.25, -0.2) is 0 Å². The monoisotopic (exact) mass is 168 g/mol. The molecule has 0 bridgehead atoms. The second kappa shape index (κ2) is 8.63. The van der Waals surface area contributed by atoms with Crippen LogP contribution in [0.1, 0.15) is 58.8 Å². The fourth-order valence-electron chi connectivity index (χ4n) is 1.25. The van der Waals surface area contributed by atoms with Gasteiger partial charge in [-0.05, 0) is 0 Å². The summed E-state index contributed by atoms with van der Waals surface area (Å²) in [4.78, 5) is 0. The van der Waals surface area contributed by atoms with E-state index in [4.69, 9.17) is 0 Å². The van der Waals surface area contributed by atoms with Crippen molar-refractivity contribution in [3.8, 4) is 0 Å². The van der Waals surface area contributed by atoms with E-state index in [-0.39, 0.29) is 0 Å². The number of hydrogen-bond donors (Lipinski definition) is 0. The third kappa shape index (κ3) is 10.5. The average Bonchev–Trinajstić information content (AvgIpc) is 1.96. The number of unbranched alkanes of at least 4 members (excludes halogenated alkanes) is 5. The molecule has 0 N–H and O–H groups in total. The van der Waals surface area contributed by atoms with Crippen molar-refractivity contribution in [1.29, 1.82) is 0 Å². The van der Waals surface area contributed by atoms with Crippen LogP contribution in [-0.2, 0) is 0 Å². The molecule has 0 nitrogen and oxygen atoms in total. The number of hydrogen-bond acceptors (Lipinski definition) is 0. The van der Waals surface area contributed by atoms with Gasteiger partial charge in [-0.2, -0.15) is 0 Å². The molecule has 0 fully saturated rings. The minimum absolute atomic E-state index is 0.821. The predicted molar refractivity (Wildman–Crippen MR) is 53.2 cm³/mol. The Bertz CT molecular complexity index is 69.3. The second-order valence-corrected chi connectivity index (χ2v) is 4.67. The van der Waals surface area contributed by atoms with Crippen LogP contribution in [0.25, 0.3) is 0 Å². The van der Waals surface area contributed by atoms with E-state index in [9.17, 15) is 0 Å². The molecule has 0 aliphatic rings. The van der Waals surface area contributed by atoms with Crippen molar-refractivity contribution in [2.45, 2.75) is 63.6 Å². The van der Waals surface area contributed by atoms with E-state index in [0.29, 0.717) is 0 Å². The molecule has 0 radical (unpaired) electrons. The summed E-state index contributed by atoms with van der Waals surface area (Å²) in [6.07, 6.45) is 9.94. The molecule has 0 heterocycles. The average molecular weight is 168 g/mol. The predicted octanol–water partition coefficient (Wildman–Crippen LogP) is 3.71. The van der Waals surface area contributed by atoms with Crippen LogP contribution < -0.4 is 0 Å². The Labute approximate surface area is 80.2 Å². The van der Waals surface area contributed by atoms with Crippen molar-refractivity contribution in [3.05, 3.63) is 0 Å². The zero-order chi connectivity index (χ0) is 8.53. The summed E-state index contributed by atoms with van der Waals surface area (Å²) in [5.41, 5.74) is 0. The first-order valence-corrected chi connectivity index (χ1v) is 5.69. The third-order valence-corrected chi connectivity index (χ3v) is 2.35. The molecule has 0 spiro atoms. The Balaban J connectivity index is 2.80. The molecule has 0 rings (SSSR count). The van der Waals surface area contributed by atoms with Gasteiger partial charge in [0.25, 0.3) is 0 Å². The molecule has 0 saturated carbocycles. The second-order valence-electron chi connectivity index (χ2n) is 3.53. The summed E-state index contributed by atoms with van der Waals surface area (Å²) >= 11 is 2.87. The van der Waals surface area contributed by atoms with E-state index in [0.717, 1.165) is 4.78 Å². The van der Waals surface area contributed by atoms with Gasteiger partial charge in [0.2, 0.25) is 0 Å². The molecule has 0 aliphatic heterocycles. The summed E-state index contributed by atoms with van der Waals surface area (Å²) in [5.74, 6) is 0. The fourth-order valence-corrected chi connectivity index (χ4v) is 1.48. The summed E-state index contributed by atoms with van der Waals surface area (Å²) in [5, 5.41) is 0. The molecule has 0 saturated heterocycles. The first-order valence-electron chi connectivity index (χ1n) is 5.03. The fraction of sp³-hybridized carbons (Fsp3) is 1.00. The quantitative estimate of drug-likeness (QED) is 0.401. The molecule has 1 unspecified atom stereocenters. The Morgan fingerprint density at radius 3 is 2.09 bits per heavy atom. The molecule has 1 atom stereocenters. The molecular weight excluding hydrogens is 147 g/mol. The van der Waals surface area contributed by atoms with E-state index in [1.54, 1.807) is 0 Å². The van der Waals surface area contributed by atoms with Gasteiger partial charge in [0.05, 0.1) is 0 Å². The normalized spacial score (nSPS) is 13.5. The van der Waals surface area contributed by atoms with Crippen molar-refractivity contribution in [3.63, 3.8) is 0 Å². The standard InChI is InChI=1S/C10H21.Al/c1-3-5-7-9-10-8-6-4-2;/h3H,4-10H2,1-2H3;/q;+2.